The Balaban J connectivity index is 2.18. The Morgan fingerprint density at radius 3 is 2.42 bits per heavy atom. The minimum Gasteiger partial charge on any atom is -0.380 e. The second-order valence-corrected chi connectivity index (χ2v) is 10.7. The zero-order valence-corrected chi connectivity index (χ0v) is 19.1. The zero-order chi connectivity index (χ0) is 24.8. The highest BCUT2D eigenvalue weighted by Crippen LogP contribution is 2.60. The first kappa shape index (κ1) is 23.1. The lowest BCUT2D eigenvalue weighted by Crippen LogP contribution is -2.56. The van der Waals surface area contributed by atoms with Crippen molar-refractivity contribution in [3.8, 4) is 6.07 Å². The molecule has 0 saturated carbocycles. The molecule has 6 nitrogen and oxygen atoms in total. The number of aryl methyl sites for hydroxylation is 1. The van der Waals surface area contributed by atoms with Gasteiger partial charge in [0, 0.05) is 29.6 Å². The fraction of sp³-hybridized carbons (Fsp3) is 0.391. The van der Waals surface area contributed by atoms with Crippen LogP contribution in [0.4, 0.5) is 13.2 Å². The van der Waals surface area contributed by atoms with Crippen LogP contribution in [0.25, 0.3) is 10.9 Å². The molecule has 0 spiro atoms. The van der Waals surface area contributed by atoms with Gasteiger partial charge in [-0.15, -0.1) is 6.58 Å². The molecule has 2 bridgehead atoms. The number of fused-ring (bicyclic) bond motifs is 3. The Morgan fingerprint density at radius 1 is 1.24 bits per heavy atom. The third kappa shape index (κ3) is 2.60. The lowest BCUT2D eigenvalue weighted by Gasteiger charge is -2.47. The standard InChI is InChI=1S/C23H21F3N2O4S/c1-6-21(4)17(32-33(30,31)23(24,25)26)10-14-19(29)22(21,12-27)13-8-7-9-16-18(13)15(11-28(16)5)20(14,2)3/h6-11,14H,1H2,2-5H3/t14-,21+,22-/m0/s1. The molecule has 1 aromatic carbocycles. The maximum Gasteiger partial charge on any atom is 0.534 e. The molecule has 174 valence electrons. The zero-order valence-electron chi connectivity index (χ0n) is 18.3. The summed E-state index contributed by atoms with van der Waals surface area (Å²) in [4.78, 5) is 14.0. The summed E-state index contributed by atoms with van der Waals surface area (Å²) in [7, 11) is -4.25. The minimum atomic E-state index is -6.06. The maximum atomic E-state index is 14.0. The molecule has 0 radical (unpaired) electrons. The number of rotatable bonds is 3. The minimum absolute atomic E-state index is 0.277. The van der Waals surface area contributed by atoms with Crippen molar-refractivity contribution in [3.63, 3.8) is 0 Å². The first-order valence-corrected chi connectivity index (χ1v) is 11.4. The molecular weight excluding hydrogens is 457 g/mol. The van der Waals surface area contributed by atoms with Gasteiger partial charge >= 0.3 is 15.6 Å². The van der Waals surface area contributed by atoms with Crippen LogP contribution in [-0.2, 0) is 37.0 Å². The van der Waals surface area contributed by atoms with Crippen molar-refractivity contribution in [2.75, 3.05) is 0 Å². The molecule has 0 unspecified atom stereocenters. The number of aromatic nitrogens is 1. The van der Waals surface area contributed by atoms with E-state index in [2.05, 4.69) is 16.8 Å². The van der Waals surface area contributed by atoms with Gasteiger partial charge < -0.3 is 8.75 Å². The molecule has 10 heteroatoms. The Morgan fingerprint density at radius 2 is 1.88 bits per heavy atom. The molecule has 0 fully saturated rings. The van der Waals surface area contributed by atoms with E-state index < -0.39 is 49.3 Å². The van der Waals surface area contributed by atoms with Gasteiger partial charge in [0.2, 0.25) is 0 Å². The molecule has 0 saturated heterocycles. The van der Waals surface area contributed by atoms with Crippen LogP contribution in [-0.4, -0.2) is 24.3 Å². The SMILES string of the molecule is C=C[C@]1(C)C(OS(=O)(=O)C(F)(F)F)=C[C@H]2C(=O)[C@]1(C#N)c1cccc3c1c(cn3C)C2(C)C. The van der Waals surface area contributed by atoms with Crippen molar-refractivity contribution in [1.82, 2.24) is 4.57 Å². The van der Waals surface area contributed by atoms with Crippen LogP contribution in [0.5, 0.6) is 0 Å². The van der Waals surface area contributed by atoms with Crippen molar-refractivity contribution in [3.05, 3.63) is 60.0 Å². The molecule has 2 aliphatic rings. The maximum absolute atomic E-state index is 14.0. The highest BCUT2D eigenvalue weighted by atomic mass is 32.2. The van der Waals surface area contributed by atoms with Gasteiger partial charge in [0.25, 0.3) is 0 Å². The molecule has 2 aliphatic carbocycles. The third-order valence-electron chi connectivity index (χ3n) is 7.21. The van der Waals surface area contributed by atoms with E-state index in [1.165, 1.54) is 6.92 Å². The summed E-state index contributed by atoms with van der Waals surface area (Å²) in [5.74, 6) is -2.34. The highest BCUT2D eigenvalue weighted by Gasteiger charge is 2.66. The van der Waals surface area contributed by atoms with Gasteiger partial charge in [0.15, 0.2) is 11.2 Å². The number of hydrogen-bond donors (Lipinski definition) is 0. The predicted molar refractivity (Wildman–Crippen MR) is 114 cm³/mol. The van der Waals surface area contributed by atoms with Gasteiger partial charge in [-0.25, -0.2) is 0 Å². The molecule has 0 amide bonds. The number of Topliss-reactive ketones (excluding diaryl/α,β-unsaturated/α-hetero) is 1. The lowest BCUT2D eigenvalue weighted by atomic mass is 9.52. The summed E-state index contributed by atoms with van der Waals surface area (Å²) >= 11 is 0. The number of allylic oxidation sites excluding steroid dienone is 2. The monoisotopic (exact) mass is 478 g/mol. The average molecular weight is 478 g/mol. The summed E-state index contributed by atoms with van der Waals surface area (Å²) in [6.45, 7) is 8.43. The number of carbonyl (C=O) groups excluding carboxylic acids is 1. The second-order valence-electron chi connectivity index (χ2n) is 9.20. The van der Waals surface area contributed by atoms with Crippen LogP contribution < -0.4 is 0 Å². The molecule has 1 heterocycles. The highest BCUT2D eigenvalue weighted by molar-refractivity contribution is 7.87. The number of halogens is 3. The van der Waals surface area contributed by atoms with Crippen LogP contribution >= 0.6 is 0 Å². The lowest BCUT2D eigenvalue weighted by molar-refractivity contribution is -0.131. The first-order chi connectivity index (χ1) is 15.1. The van der Waals surface area contributed by atoms with Crippen LogP contribution in [0.15, 0.2) is 48.9 Å². The number of nitrogens with zero attached hydrogens (tertiary/aromatic N) is 2. The van der Waals surface area contributed by atoms with Crippen LogP contribution in [0, 0.1) is 22.7 Å². The smallest absolute Gasteiger partial charge is 0.380 e. The van der Waals surface area contributed by atoms with Crippen LogP contribution in [0.1, 0.15) is 31.9 Å². The molecule has 2 aromatic rings. The normalized spacial score (nSPS) is 28.6. The molecule has 0 aliphatic heterocycles. The number of benzene rings is 1. The van der Waals surface area contributed by atoms with Crippen molar-refractivity contribution >= 4 is 26.8 Å². The number of hydrogen-bond acceptors (Lipinski definition) is 5. The van der Waals surface area contributed by atoms with Crippen LogP contribution in [0.2, 0.25) is 0 Å². The van der Waals surface area contributed by atoms with Crippen molar-refractivity contribution in [1.29, 1.82) is 5.26 Å². The summed E-state index contributed by atoms with van der Waals surface area (Å²) in [5, 5.41) is 11.1. The van der Waals surface area contributed by atoms with Gasteiger partial charge in [-0.3, -0.25) is 4.79 Å². The van der Waals surface area contributed by atoms with Gasteiger partial charge in [0.1, 0.15) is 5.76 Å². The van der Waals surface area contributed by atoms with Crippen molar-refractivity contribution in [2.24, 2.45) is 18.4 Å². The van der Waals surface area contributed by atoms with E-state index in [4.69, 9.17) is 0 Å². The Bertz CT molecular complexity index is 1410. The van der Waals surface area contributed by atoms with E-state index in [9.17, 15) is 31.6 Å². The number of nitriles is 1. The fourth-order valence-corrected chi connectivity index (χ4v) is 5.76. The van der Waals surface area contributed by atoms with E-state index in [0.29, 0.717) is 10.9 Å². The summed E-state index contributed by atoms with van der Waals surface area (Å²) in [6.07, 6.45) is 4.04. The topological polar surface area (TPSA) is 89.2 Å². The van der Waals surface area contributed by atoms with Gasteiger partial charge in [-0.2, -0.15) is 26.9 Å². The molecule has 1 aromatic heterocycles. The number of carbonyl (C=O) groups is 1. The van der Waals surface area contributed by atoms with Crippen LogP contribution in [0.3, 0.4) is 0 Å². The average Bonchev–Trinajstić information content (AvgIpc) is 3.05. The van der Waals surface area contributed by atoms with E-state index in [0.717, 1.165) is 17.7 Å². The Kier molecular flexibility index (Phi) is 4.55. The number of ketones is 1. The van der Waals surface area contributed by atoms with E-state index in [1.54, 1.807) is 26.0 Å². The molecule has 3 atom stereocenters. The fourth-order valence-electron chi connectivity index (χ4n) is 5.20. The van der Waals surface area contributed by atoms with E-state index in [-0.39, 0.29) is 5.56 Å². The largest absolute Gasteiger partial charge is 0.534 e. The summed E-state index contributed by atoms with van der Waals surface area (Å²) in [5.41, 5.74) is -8.95. The summed E-state index contributed by atoms with van der Waals surface area (Å²) in [6, 6.07) is 7.09. The van der Waals surface area contributed by atoms with Gasteiger partial charge in [-0.1, -0.05) is 32.1 Å². The number of alkyl halides is 3. The van der Waals surface area contributed by atoms with Gasteiger partial charge in [0.05, 0.1) is 17.4 Å². The van der Waals surface area contributed by atoms with Gasteiger partial charge in [-0.05, 0) is 30.2 Å². The van der Waals surface area contributed by atoms with Crippen molar-refractivity contribution < 1.29 is 30.6 Å². The quantitative estimate of drug-likeness (QED) is 0.371. The molecule has 4 rings (SSSR count). The summed E-state index contributed by atoms with van der Waals surface area (Å²) < 4.78 is 70.1. The molecule has 0 N–H and O–H groups in total. The third-order valence-corrected chi connectivity index (χ3v) is 8.18. The Hall–Kier alpha value is -3.06. The van der Waals surface area contributed by atoms with Crippen molar-refractivity contribution in [2.45, 2.75) is 37.1 Å². The molecule has 33 heavy (non-hydrogen) atoms. The predicted octanol–water partition coefficient (Wildman–Crippen LogP) is 4.37. The van der Waals surface area contributed by atoms with E-state index >= 15 is 0 Å². The Labute approximate surface area is 189 Å². The molecular formula is C23H21F3N2O4S. The second kappa shape index (κ2) is 6.50. The first-order valence-electron chi connectivity index (χ1n) is 10.0. The van der Waals surface area contributed by atoms with E-state index in [1.807, 2.05) is 23.9 Å².